The number of amides is 2. The van der Waals surface area contributed by atoms with Crippen LogP contribution in [-0.2, 0) is 5.41 Å². The average molecular weight is 543 g/mol. The van der Waals surface area contributed by atoms with Gasteiger partial charge in [0.05, 0.1) is 0 Å². The van der Waals surface area contributed by atoms with Gasteiger partial charge in [-0.3, -0.25) is 0 Å². The van der Waals surface area contributed by atoms with Crippen molar-refractivity contribution in [3.63, 3.8) is 0 Å². The number of benzene rings is 4. The zero-order valence-corrected chi connectivity index (χ0v) is 22.5. The number of ether oxygens (including phenoxy) is 1. The summed E-state index contributed by atoms with van der Waals surface area (Å²) < 4.78 is 8.32. The number of imide groups is 1. The van der Waals surface area contributed by atoms with Crippen LogP contribution in [0, 0.1) is 0 Å². The van der Waals surface area contributed by atoms with Crippen molar-refractivity contribution >= 4 is 46.5 Å². The van der Waals surface area contributed by atoms with Gasteiger partial charge >= 0.3 is 175 Å². The Bertz CT molecular complexity index is 1400. The molecular weight excluding hydrogens is 513 g/mol. The minimum atomic E-state index is -0.225. The van der Waals surface area contributed by atoms with E-state index >= 15 is 0 Å². The molecule has 0 N–H and O–H groups in total. The Balaban J connectivity index is 1.30. The third kappa shape index (κ3) is 4.82. The van der Waals surface area contributed by atoms with Gasteiger partial charge in [0.1, 0.15) is 0 Å². The Morgan fingerprint density at radius 2 is 1.47 bits per heavy atom. The molecule has 0 bridgehead atoms. The summed E-state index contributed by atoms with van der Waals surface area (Å²) in [6, 6.07) is 28.2. The number of nitrogens with zero attached hydrogens (tertiary/aromatic N) is 1. The van der Waals surface area contributed by atoms with Gasteiger partial charge < -0.3 is 0 Å². The van der Waals surface area contributed by atoms with E-state index in [0.717, 1.165) is 16.5 Å². The van der Waals surface area contributed by atoms with Crippen molar-refractivity contribution in [2.24, 2.45) is 0 Å². The van der Waals surface area contributed by atoms with Crippen molar-refractivity contribution in [1.82, 2.24) is 4.90 Å². The molecule has 4 aromatic rings. The first kappa shape index (κ1) is 24.3. The van der Waals surface area contributed by atoms with Gasteiger partial charge in [0, 0.05) is 0 Å². The molecule has 0 fully saturated rings. The predicted octanol–water partition coefficient (Wildman–Crippen LogP) is 4.86. The summed E-state index contributed by atoms with van der Waals surface area (Å²) in [4.78, 5) is 28.1. The summed E-state index contributed by atoms with van der Waals surface area (Å²) in [6.45, 7) is 7.29. The molecule has 0 unspecified atom stereocenters. The average Bonchev–Trinajstić information content (AvgIpc) is 2.88. The van der Waals surface area contributed by atoms with Crippen LogP contribution in [0.2, 0.25) is 0 Å². The van der Waals surface area contributed by atoms with E-state index in [1.807, 2.05) is 60.7 Å². The van der Waals surface area contributed by atoms with E-state index in [4.69, 9.17) is 4.74 Å². The first-order chi connectivity index (χ1) is 17.3. The smallest absolute Gasteiger partial charge is 0.0548 e. The van der Waals surface area contributed by atoms with Crippen LogP contribution in [0.3, 0.4) is 0 Å². The number of hydrogen-bond acceptors (Lipinski definition) is 3. The molecule has 4 nitrogen and oxygen atoms in total. The standard InChI is InChI=1S/C31H29NO3Se/c1-31(2,3)21-13-15-22(16-14-21)35-20-8-19-32-29(33)25-12-7-11-24-27(36-23-9-5-4-6-10-23)18-17-26(28(24)25)30(32)34/h4-7,9-18H,8,19-20H2,1-3H3. The number of hydrogen-bond donors (Lipinski definition) is 0. The van der Waals surface area contributed by atoms with E-state index < -0.39 is 0 Å². The molecule has 0 aliphatic carbocycles. The molecule has 5 rings (SSSR count). The van der Waals surface area contributed by atoms with Crippen LogP contribution in [0.1, 0.15) is 53.5 Å². The topological polar surface area (TPSA) is 46.6 Å². The van der Waals surface area contributed by atoms with Crippen molar-refractivity contribution in [3.8, 4) is 5.75 Å². The molecule has 1 aliphatic heterocycles. The van der Waals surface area contributed by atoms with Gasteiger partial charge in [0.25, 0.3) is 0 Å². The Kier molecular flexibility index (Phi) is 6.70. The molecule has 182 valence electrons. The predicted molar refractivity (Wildman–Crippen MR) is 146 cm³/mol. The molecule has 5 heteroatoms. The summed E-state index contributed by atoms with van der Waals surface area (Å²) in [5, 5.41) is 1.78. The quantitative estimate of drug-likeness (QED) is 0.191. The van der Waals surface area contributed by atoms with Gasteiger partial charge in [0.15, 0.2) is 0 Å². The number of rotatable bonds is 7. The fourth-order valence-electron chi connectivity index (χ4n) is 4.49. The Labute approximate surface area is 218 Å². The summed E-state index contributed by atoms with van der Waals surface area (Å²) in [5.74, 6) is 0.344. The van der Waals surface area contributed by atoms with Crippen molar-refractivity contribution < 1.29 is 14.3 Å². The molecule has 4 aromatic carbocycles. The molecule has 1 heterocycles. The zero-order chi connectivity index (χ0) is 25.3. The van der Waals surface area contributed by atoms with Gasteiger partial charge in [-0.25, -0.2) is 0 Å². The molecule has 36 heavy (non-hydrogen) atoms. The van der Waals surface area contributed by atoms with E-state index in [1.54, 1.807) is 0 Å². The summed E-state index contributed by atoms with van der Waals surface area (Å²) in [6.07, 6.45) is 0.568. The van der Waals surface area contributed by atoms with Crippen molar-refractivity contribution in [2.45, 2.75) is 32.6 Å². The van der Waals surface area contributed by atoms with Crippen molar-refractivity contribution in [3.05, 3.63) is 102 Å². The second kappa shape index (κ2) is 9.93. The van der Waals surface area contributed by atoms with Crippen molar-refractivity contribution in [1.29, 1.82) is 0 Å². The third-order valence-corrected chi connectivity index (χ3v) is 8.71. The van der Waals surface area contributed by atoms with Gasteiger partial charge in [-0.1, -0.05) is 32.9 Å². The van der Waals surface area contributed by atoms with Crippen LogP contribution in [0.15, 0.2) is 84.9 Å². The Hall–Kier alpha value is -3.40. The summed E-state index contributed by atoms with van der Waals surface area (Å²) >= 11 is 0.0874. The van der Waals surface area contributed by atoms with Crippen LogP contribution in [0.5, 0.6) is 5.75 Å². The molecule has 2 amide bonds. The van der Waals surface area contributed by atoms with E-state index in [0.29, 0.717) is 30.7 Å². The number of carbonyl (C=O) groups is 2. The van der Waals surface area contributed by atoms with E-state index in [-0.39, 0.29) is 32.2 Å². The van der Waals surface area contributed by atoms with Gasteiger partial charge in [-0.2, -0.15) is 0 Å². The molecule has 0 aromatic heterocycles. The van der Waals surface area contributed by atoms with Crippen LogP contribution in [0.25, 0.3) is 10.8 Å². The van der Waals surface area contributed by atoms with Crippen molar-refractivity contribution in [2.75, 3.05) is 13.2 Å². The Morgan fingerprint density at radius 3 is 2.17 bits per heavy atom. The van der Waals surface area contributed by atoms with Crippen LogP contribution in [-0.4, -0.2) is 44.8 Å². The summed E-state index contributed by atoms with van der Waals surface area (Å²) in [7, 11) is 0. The van der Waals surface area contributed by atoms with Crippen LogP contribution >= 0.6 is 0 Å². The van der Waals surface area contributed by atoms with E-state index in [9.17, 15) is 9.59 Å². The molecule has 0 atom stereocenters. The van der Waals surface area contributed by atoms with Crippen LogP contribution in [0.4, 0.5) is 0 Å². The zero-order valence-electron chi connectivity index (χ0n) is 20.8. The fraction of sp³-hybridized carbons (Fsp3) is 0.226. The molecule has 0 radical (unpaired) electrons. The first-order valence-electron chi connectivity index (χ1n) is 12.2. The maximum absolute atomic E-state index is 13.3. The molecule has 0 spiro atoms. The second-order valence-corrected chi connectivity index (χ2v) is 12.3. The van der Waals surface area contributed by atoms with Gasteiger partial charge in [-0.05, 0) is 11.0 Å². The van der Waals surface area contributed by atoms with E-state index in [1.165, 1.54) is 19.4 Å². The summed E-state index contributed by atoms with van der Waals surface area (Å²) in [5.41, 5.74) is 2.55. The van der Waals surface area contributed by atoms with Gasteiger partial charge in [-0.15, -0.1) is 0 Å². The minimum Gasteiger partial charge on any atom is -0.0548 e. The Morgan fingerprint density at radius 1 is 0.778 bits per heavy atom. The monoisotopic (exact) mass is 543 g/mol. The molecule has 0 saturated carbocycles. The fourth-order valence-corrected chi connectivity index (χ4v) is 6.51. The molecule has 0 saturated heterocycles. The second-order valence-electron chi connectivity index (χ2n) is 9.99. The normalized spacial score (nSPS) is 13.4. The SMILES string of the molecule is CC(C)(C)c1ccc(OCCCN2C(=O)c3cccc4c([Se]c5ccccc5)ccc(c34)C2=O)cc1. The minimum absolute atomic E-state index is 0.0874. The number of carbonyl (C=O) groups excluding carboxylic acids is 2. The third-order valence-electron chi connectivity index (χ3n) is 6.44. The van der Waals surface area contributed by atoms with Crippen LogP contribution < -0.4 is 13.7 Å². The van der Waals surface area contributed by atoms with Gasteiger partial charge in [0.2, 0.25) is 0 Å². The molecule has 1 aliphatic rings. The maximum atomic E-state index is 13.3. The first-order valence-corrected chi connectivity index (χ1v) is 13.9. The van der Waals surface area contributed by atoms with E-state index in [2.05, 4.69) is 45.0 Å². The molecular formula is C31H29NO3Se.